The Morgan fingerprint density at radius 1 is 1.12 bits per heavy atom. The van der Waals surface area contributed by atoms with Crippen LogP contribution in [0.5, 0.6) is 0 Å². The van der Waals surface area contributed by atoms with E-state index in [0.717, 1.165) is 11.3 Å². The molecule has 0 saturated heterocycles. The molecule has 32 heavy (non-hydrogen) atoms. The Kier molecular flexibility index (Phi) is 5.94. The van der Waals surface area contributed by atoms with Crippen molar-refractivity contribution in [1.82, 2.24) is 25.4 Å². The summed E-state index contributed by atoms with van der Waals surface area (Å²) in [6.45, 7) is 0.307. The van der Waals surface area contributed by atoms with E-state index in [-0.39, 0.29) is 23.6 Å². The van der Waals surface area contributed by atoms with Crippen LogP contribution in [0.4, 0.5) is 11.4 Å². The molecule has 2 aromatic carbocycles. The molecule has 4 rings (SSSR count). The third kappa shape index (κ3) is 4.82. The number of azo groups is 1. The molecule has 0 aliphatic rings. The van der Waals surface area contributed by atoms with E-state index in [1.165, 1.54) is 4.80 Å². The van der Waals surface area contributed by atoms with Crippen molar-refractivity contribution in [2.24, 2.45) is 16.0 Å². The van der Waals surface area contributed by atoms with Crippen LogP contribution in [0.25, 0.3) is 11.6 Å². The Morgan fingerprint density at radius 3 is 2.50 bits per heavy atom. The van der Waals surface area contributed by atoms with Crippen LogP contribution in [0.1, 0.15) is 11.1 Å². The van der Waals surface area contributed by atoms with Gasteiger partial charge in [0.05, 0.1) is 23.5 Å². The first-order valence-electron chi connectivity index (χ1n) is 9.52. The van der Waals surface area contributed by atoms with Crippen molar-refractivity contribution in [3.05, 3.63) is 76.1 Å². The number of aliphatic carboxylic acids is 1. The molecule has 0 aliphatic carbocycles. The minimum atomic E-state index is -1.26. The van der Waals surface area contributed by atoms with Crippen LogP contribution in [-0.2, 0) is 17.8 Å². The topological polar surface area (TPSA) is 178 Å². The second kappa shape index (κ2) is 9.14. The summed E-state index contributed by atoms with van der Waals surface area (Å²) in [6, 6.07) is 15.5. The summed E-state index contributed by atoms with van der Waals surface area (Å²) in [5.74, 6) is -1.18. The Labute approximate surface area is 180 Å². The molecule has 4 N–H and O–H groups in total. The predicted molar refractivity (Wildman–Crippen MR) is 112 cm³/mol. The summed E-state index contributed by atoms with van der Waals surface area (Å²) in [4.78, 5) is 24.3. The predicted octanol–water partition coefficient (Wildman–Crippen LogP) is 2.04. The van der Waals surface area contributed by atoms with Gasteiger partial charge in [-0.25, -0.2) is 0 Å². The van der Waals surface area contributed by atoms with Gasteiger partial charge in [0.25, 0.3) is 5.56 Å². The lowest BCUT2D eigenvalue weighted by Gasteiger charge is -2.03. The first-order valence-corrected chi connectivity index (χ1v) is 9.52. The van der Waals surface area contributed by atoms with Gasteiger partial charge in [0.15, 0.2) is 0 Å². The van der Waals surface area contributed by atoms with Gasteiger partial charge in [0, 0.05) is 6.42 Å². The van der Waals surface area contributed by atoms with Crippen LogP contribution in [-0.4, -0.2) is 42.5 Å². The molecule has 0 aliphatic heterocycles. The fraction of sp³-hybridized carbons (Fsp3) is 0.150. The average molecular weight is 434 g/mol. The molecule has 162 valence electrons. The number of aromatic nitrogens is 5. The summed E-state index contributed by atoms with van der Waals surface area (Å²) in [5, 5.41) is 31.6. The van der Waals surface area contributed by atoms with Crippen molar-refractivity contribution >= 4 is 17.3 Å². The van der Waals surface area contributed by atoms with Crippen molar-refractivity contribution in [3.63, 3.8) is 0 Å². The highest BCUT2D eigenvalue weighted by Gasteiger charge is 2.24. The minimum absolute atomic E-state index is 0.00891. The zero-order valence-corrected chi connectivity index (χ0v) is 16.6. The maximum Gasteiger partial charge on any atom is 0.320 e. The third-order valence-electron chi connectivity index (χ3n) is 4.49. The summed E-state index contributed by atoms with van der Waals surface area (Å²) < 4.78 is 5.12. The number of H-pyrrole nitrogens is 1. The van der Waals surface area contributed by atoms with Crippen molar-refractivity contribution in [1.29, 1.82) is 0 Å². The number of tetrazole rings is 1. The van der Waals surface area contributed by atoms with Gasteiger partial charge in [-0.05, 0) is 35.0 Å². The molecule has 0 saturated carbocycles. The van der Waals surface area contributed by atoms with E-state index in [1.54, 1.807) is 0 Å². The van der Waals surface area contributed by atoms with Gasteiger partial charge in [-0.2, -0.15) is 20.2 Å². The highest BCUT2D eigenvalue weighted by Crippen LogP contribution is 2.20. The van der Waals surface area contributed by atoms with Crippen molar-refractivity contribution in [2.45, 2.75) is 19.0 Å². The number of nitrogens with zero attached hydrogens (tertiary/aromatic N) is 6. The van der Waals surface area contributed by atoms with E-state index < -0.39 is 17.6 Å². The Morgan fingerprint density at radius 2 is 1.81 bits per heavy atom. The number of nitrogens with two attached hydrogens (primary N) is 1. The van der Waals surface area contributed by atoms with Gasteiger partial charge in [0.2, 0.25) is 11.6 Å². The number of nitrogens with one attached hydrogen (secondary N) is 1. The van der Waals surface area contributed by atoms with Crippen molar-refractivity contribution < 1.29 is 14.4 Å². The van der Waals surface area contributed by atoms with Gasteiger partial charge in [-0.1, -0.05) is 30.3 Å². The minimum Gasteiger partial charge on any atom is -0.480 e. The van der Waals surface area contributed by atoms with Crippen LogP contribution in [0, 0.1) is 0 Å². The first-order chi connectivity index (χ1) is 15.5. The molecule has 0 fully saturated rings. The van der Waals surface area contributed by atoms with Crippen LogP contribution >= 0.6 is 0 Å². The fourth-order valence-electron chi connectivity index (χ4n) is 2.84. The normalized spacial score (nSPS) is 12.3. The summed E-state index contributed by atoms with van der Waals surface area (Å²) in [5.41, 5.74) is 7.33. The second-order valence-corrected chi connectivity index (χ2v) is 6.84. The number of benzene rings is 2. The van der Waals surface area contributed by atoms with Gasteiger partial charge < -0.3 is 15.4 Å². The first kappa shape index (κ1) is 20.8. The van der Waals surface area contributed by atoms with Crippen LogP contribution in [0.2, 0.25) is 0 Å². The second-order valence-electron chi connectivity index (χ2n) is 6.84. The van der Waals surface area contributed by atoms with Gasteiger partial charge in [0.1, 0.15) is 6.04 Å². The van der Waals surface area contributed by atoms with E-state index in [9.17, 15) is 9.59 Å². The van der Waals surface area contributed by atoms with Gasteiger partial charge >= 0.3 is 5.97 Å². The zero-order valence-electron chi connectivity index (χ0n) is 16.6. The maximum absolute atomic E-state index is 11.9. The Balaban J connectivity index is 1.46. The van der Waals surface area contributed by atoms with Gasteiger partial charge in [-0.3, -0.25) is 9.59 Å². The lowest BCUT2D eigenvalue weighted by atomic mass is 10.1. The number of rotatable bonds is 8. The highest BCUT2D eigenvalue weighted by atomic mass is 16.5. The number of hydrogen-bond acceptors (Lipinski definition) is 9. The average Bonchev–Trinajstić information content (AvgIpc) is 3.40. The lowest BCUT2D eigenvalue weighted by Crippen LogP contribution is -2.33. The lowest BCUT2D eigenvalue weighted by molar-refractivity contribution is -0.138. The largest absolute Gasteiger partial charge is 0.480 e. The molecule has 4 aromatic rings. The fourth-order valence-corrected chi connectivity index (χ4v) is 2.84. The smallest absolute Gasteiger partial charge is 0.320 e. The van der Waals surface area contributed by atoms with Crippen LogP contribution in [0.3, 0.4) is 0 Å². The molecular weight excluding hydrogens is 416 g/mol. The standard InChI is InChI=1S/C20H18N8O4/c21-16(20(30)31)10-15-17(32-26-19(15)29)18-24-27-28(25-18)11-12-6-8-14(9-7-12)23-22-13-4-2-1-3-5-13/h1-9,16H,10-11,21H2,(H,26,29)(H,30,31). The molecule has 1 atom stereocenters. The van der Waals surface area contributed by atoms with E-state index in [1.807, 2.05) is 54.6 Å². The number of carboxylic acid groups (broad SMARTS) is 1. The SMILES string of the molecule is NC(Cc1c(-c2nnn(Cc3ccc(N=Nc4ccccc4)cc3)n2)o[nH]c1=O)C(=O)O. The molecular formula is C20H18N8O4. The monoisotopic (exact) mass is 434 g/mol. The van der Waals surface area contributed by atoms with Crippen LogP contribution < -0.4 is 11.3 Å². The Bertz CT molecular complexity index is 1290. The van der Waals surface area contributed by atoms with E-state index >= 15 is 0 Å². The van der Waals surface area contributed by atoms with Gasteiger partial charge in [-0.15, -0.1) is 10.2 Å². The number of aromatic amines is 1. The Hall–Kier alpha value is -4.45. The highest BCUT2D eigenvalue weighted by molar-refractivity contribution is 5.74. The molecule has 2 aromatic heterocycles. The molecule has 1 unspecified atom stereocenters. The molecule has 0 spiro atoms. The van der Waals surface area contributed by atoms with E-state index in [4.69, 9.17) is 15.4 Å². The number of hydrogen-bond donors (Lipinski definition) is 3. The molecule has 0 amide bonds. The number of carbonyl (C=O) groups is 1. The molecule has 12 nitrogen and oxygen atoms in total. The number of carboxylic acids is 1. The van der Waals surface area contributed by atoms with Crippen molar-refractivity contribution in [3.8, 4) is 11.6 Å². The van der Waals surface area contributed by atoms with E-state index in [0.29, 0.717) is 12.2 Å². The molecule has 2 heterocycles. The summed E-state index contributed by atoms with van der Waals surface area (Å²) >= 11 is 0. The molecule has 12 heteroatoms. The molecule has 0 radical (unpaired) electrons. The summed E-state index contributed by atoms with van der Waals surface area (Å²) in [7, 11) is 0. The quantitative estimate of drug-likeness (QED) is 0.353. The van der Waals surface area contributed by atoms with Crippen molar-refractivity contribution in [2.75, 3.05) is 0 Å². The maximum atomic E-state index is 11.9. The third-order valence-corrected chi connectivity index (χ3v) is 4.49. The van der Waals surface area contributed by atoms with E-state index in [2.05, 4.69) is 30.8 Å². The van der Waals surface area contributed by atoms with Crippen LogP contribution in [0.15, 0.2) is 74.1 Å². The zero-order chi connectivity index (χ0) is 22.5. The summed E-state index contributed by atoms with van der Waals surface area (Å²) in [6.07, 6.45) is -0.232. The molecule has 0 bridgehead atoms.